The number of aliphatic carboxylic acids is 1. The van der Waals surface area contributed by atoms with Gasteiger partial charge in [-0.25, -0.2) is 9.78 Å². The summed E-state index contributed by atoms with van der Waals surface area (Å²) in [7, 11) is 0. The van der Waals surface area contributed by atoms with Gasteiger partial charge in [-0.3, -0.25) is 4.79 Å². The second kappa shape index (κ2) is 6.72. The van der Waals surface area contributed by atoms with Gasteiger partial charge in [-0.15, -0.1) is 0 Å². The number of rotatable bonds is 5. The minimum atomic E-state index is -0.976. The molecule has 1 aromatic heterocycles. The molecular weight excluding hydrogens is 276 g/mol. The lowest BCUT2D eigenvalue weighted by molar-refractivity contribution is -0.131. The molecule has 0 amide bonds. The molecule has 0 fully saturated rings. The fraction of sp³-hybridized carbons (Fsp3) is 0.0714. The van der Waals surface area contributed by atoms with Gasteiger partial charge < -0.3 is 10.1 Å². The van der Waals surface area contributed by atoms with Crippen molar-refractivity contribution in [2.45, 2.75) is 10.9 Å². The summed E-state index contributed by atoms with van der Waals surface area (Å²) >= 11 is 1.41. The van der Waals surface area contributed by atoms with Crippen LogP contribution in [0.2, 0.25) is 0 Å². The Labute approximate surface area is 119 Å². The van der Waals surface area contributed by atoms with Crippen LogP contribution in [0.15, 0.2) is 52.6 Å². The Bertz CT molecular complexity index is 695. The maximum atomic E-state index is 11.1. The number of nitrogens with one attached hydrogen (secondary N) is 1. The van der Waals surface area contributed by atoms with Crippen LogP contribution in [-0.4, -0.2) is 21.0 Å². The third kappa shape index (κ3) is 4.40. The maximum Gasteiger partial charge on any atom is 0.328 e. The van der Waals surface area contributed by atoms with E-state index in [1.807, 2.05) is 24.3 Å². The molecule has 102 valence electrons. The van der Waals surface area contributed by atoms with E-state index in [4.69, 9.17) is 5.11 Å². The van der Waals surface area contributed by atoms with Crippen LogP contribution in [0.4, 0.5) is 0 Å². The number of carboxylic acids is 1. The number of carboxylic acid groups (broad SMARTS) is 1. The number of aromatic nitrogens is 2. The summed E-state index contributed by atoms with van der Waals surface area (Å²) in [4.78, 5) is 28.3. The zero-order chi connectivity index (χ0) is 14.4. The summed E-state index contributed by atoms with van der Waals surface area (Å²) in [5.41, 5.74) is 1.66. The molecule has 20 heavy (non-hydrogen) atoms. The van der Waals surface area contributed by atoms with Gasteiger partial charge in [-0.2, -0.15) is 0 Å². The first-order valence-electron chi connectivity index (χ1n) is 5.81. The molecule has 1 aromatic carbocycles. The van der Waals surface area contributed by atoms with Crippen LogP contribution in [0.5, 0.6) is 0 Å². The largest absolute Gasteiger partial charge is 0.478 e. The molecule has 2 rings (SSSR count). The zero-order valence-corrected chi connectivity index (χ0v) is 11.3. The van der Waals surface area contributed by atoms with E-state index in [9.17, 15) is 9.59 Å². The van der Waals surface area contributed by atoms with E-state index < -0.39 is 5.97 Å². The van der Waals surface area contributed by atoms with E-state index >= 15 is 0 Å². The topological polar surface area (TPSA) is 83.0 Å². The van der Waals surface area contributed by atoms with Crippen molar-refractivity contribution in [2.24, 2.45) is 0 Å². The van der Waals surface area contributed by atoms with Crippen molar-refractivity contribution in [2.75, 3.05) is 0 Å². The van der Waals surface area contributed by atoms with Crippen LogP contribution in [0.25, 0.3) is 6.08 Å². The number of hydrogen-bond acceptors (Lipinski definition) is 4. The molecule has 0 saturated carbocycles. The van der Waals surface area contributed by atoms with Gasteiger partial charge in [0.15, 0.2) is 5.16 Å². The van der Waals surface area contributed by atoms with Crippen molar-refractivity contribution in [3.8, 4) is 0 Å². The van der Waals surface area contributed by atoms with Gasteiger partial charge in [-0.05, 0) is 17.2 Å². The Kier molecular flexibility index (Phi) is 4.73. The van der Waals surface area contributed by atoms with E-state index in [2.05, 4.69) is 9.97 Å². The SMILES string of the molecule is O=C(O)C=Cc1cccc(CSc2nccc(=O)[nH]2)c1. The second-order valence-corrected chi connectivity index (χ2v) is 4.91. The average Bonchev–Trinajstić information content (AvgIpc) is 2.43. The van der Waals surface area contributed by atoms with E-state index in [-0.39, 0.29) is 5.56 Å². The van der Waals surface area contributed by atoms with Crippen molar-refractivity contribution >= 4 is 23.8 Å². The van der Waals surface area contributed by atoms with E-state index in [0.717, 1.165) is 17.2 Å². The predicted molar refractivity (Wildman–Crippen MR) is 77.5 cm³/mol. The van der Waals surface area contributed by atoms with Crippen molar-refractivity contribution in [1.29, 1.82) is 0 Å². The third-order valence-corrected chi connectivity index (χ3v) is 3.35. The Hall–Kier alpha value is -2.34. The number of benzene rings is 1. The molecular formula is C14H12N2O3S. The molecule has 0 atom stereocenters. The van der Waals surface area contributed by atoms with Crippen LogP contribution in [0.1, 0.15) is 11.1 Å². The number of thioether (sulfide) groups is 1. The normalized spacial score (nSPS) is 10.8. The molecule has 0 bridgehead atoms. The number of H-pyrrole nitrogens is 1. The van der Waals surface area contributed by atoms with Crippen LogP contribution in [0, 0.1) is 0 Å². The molecule has 5 nitrogen and oxygen atoms in total. The first-order chi connectivity index (χ1) is 9.63. The summed E-state index contributed by atoms with van der Waals surface area (Å²) in [6, 6.07) is 8.88. The summed E-state index contributed by atoms with van der Waals surface area (Å²) in [5, 5.41) is 9.15. The Morgan fingerprint density at radius 3 is 3.00 bits per heavy atom. The van der Waals surface area contributed by atoms with Crippen LogP contribution in [-0.2, 0) is 10.5 Å². The van der Waals surface area contributed by atoms with Gasteiger partial charge in [0, 0.05) is 24.1 Å². The van der Waals surface area contributed by atoms with Crippen molar-refractivity contribution in [1.82, 2.24) is 9.97 Å². The van der Waals surface area contributed by atoms with Crippen molar-refractivity contribution < 1.29 is 9.90 Å². The molecule has 1 heterocycles. The first-order valence-corrected chi connectivity index (χ1v) is 6.80. The highest BCUT2D eigenvalue weighted by atomic mass is 32.2. The van der Waals surface area contributed by atoms with Crippen molar-refractivity contribution in [3.05, 3.63) is 64.1 Å². The maximum absolute atomic E-state index is 11.1. The highest BCUT2D eigenvalue weighted by molar-refractivity contribution is 7.98. The Morgan fingerprint density at radius 2 is 2.25 bits per heavy atom. The van der Waals surface area contributed by atoms with E-state index in [1.165, 1.54) is 24.0 Å². The molecule has 0 radical (unpaired) electrons. The summed E-state index contributed by atoms with van der Waals surface area (Å²) in [5.74, 6) is -0.335. The van der Waals surface area contributed by atoms with Crippen LogP contribution >= 0.6 is 11.8 Å². The quantitative estimate of drug-likeness (QED) is 0.500. The van der Waals surface area contributed by atoms with Crippen molar-refractivity contribution in [3.63, 3.8) is 0 Å². The zero-order valence-electron chi connectivity index (χ0n) is 10.4. The lowest BCUT2D eigenvalue weighted by atomic mass is 10.1. The van der Waals surface area contributed by atoms with Gasteiger partial charge in [0.05, 0.1) is 0 Å². The molecule has 0 unspecified atom stereocenters. The van der Waals surface area contributed by atoms with Gasteiger partial charge in [0.25, 0.3) is 5.56 Å². The summed E-state index contributed by atoms with van der Waals surface area (Å²) < 4.78 is 0. The Balaban J connectivity index is 2.05. The predicted octanol–water partition coefficient (Wildman–Crippen LogP) is 2.16. The minimum Gasteiger partial charge on any atom is -0.478 e. The fourth-order valence-corrected chi connectivity index (χ4v) is 2.32. The van der Waals surface area contributed by atoms with Crippen LogP contribution < -0.4 is 5.56 Å². The molecule has 0 spiro atoms. The van der Waals surface area contributed by atoms with Gasteiger partial charge >= 0.3 is 5.97 Å². The number of hydrogen-bond donors (Lipinski definition) is 2. The molecule has 0 saturated heterocycles. The summed E-state index contributed by atoms with van der Waals surface area (Å²) in [6.07, 6.45) is 4.11. The second-order valence-electron chi connectivity index (χ2n) is 3.94. The molecule has 0 aliphatic rings. The first kappa shape index (κ1) is 14.1. The fourth-order valence-electron chi connectivity index (χ4n) is 1.53. The van der Waals surface area contributed by atoms with Gasteiger partial charge in [0.1, 0.15) is 0 Å². The van der Waals surface area contributed by atoms with E-state index in [1.54, 1.807) is 6.08 Å². The molecule has 0 aliphatic carbocycles. The number of aromatic amines is 1. The lowest BCUT2D eigenvalue weighted by Crippen LogP contribution is -2.05. The number of carbonyl (C=O) groups is 1. The highest BCUT2D eigenvalue weighted by Gasteiger charge is 1.99. The average molecular weight is 288 g/mol. The third-order valence-electron chi connectivity index (χ3n) is 2.39. The summed E-state index contributed by atoms with van der Waals surface area (Å²) in [6.45, 7) is 0. The number of nitrogens with zero attached hydrogens (tertiary/aromatic N) is 1. The Morgan fingerprint density at radius 1 is 1.40 bits per heavy atom. The molecule has 0 aliphatic heterocycles. The minimum absolute atomic E-state index is 0.180. The molecule has 6 heteroatoms. The van der Waals surface area contributed by atoms with Gasteiger partial charge in [-0.1, -0.05) is 36.0 Å². The lowest BCUT2D eigenvalue weighted by Gasteiger charge is -2.02. The standard InChI is InChI=1S/C14H12N2O3S/c17-12-6-7-15-14(16-12)20-9-11-3-1-2-10(8-11)4-5-13(18)19/h1-8H,9H2,(H,18,19)(H,15,16,17). The van der Waals surface area contributed by atoms with Gasteiger partial charge in [0.2, 0.25) is 0 Å². The smallest absolute Gasteiger partial charge is 0.328 e. The monoisotopic (exact) mass is 288 g/mol. The van der Waals surface area contributed by atoms with E-state index in [0.29, 0.717) is 10.9 Å². The molecule has 2 N–H and O–H groups in total. The molecule has 2 aromatic rings. The highest BCUT2D eigenvalue weighted by Crippen LogP contribution is 2.19. The van der Waals surface area contributed by atoms with Crippen LogP contribution in [0.3, 0.4) is 0 Å².